The van der Waals surface area contributed by atoms with E-state index in [1.54, 1.807) is 0 Å². The van der Waals surface area contributed by atoms with Gasteiger partial charge in [-0.2, -0.15) is 0 Å². The summed E-state index contributed by atoms with van der Waals surface area (Å²) in [6, 6.07) is 40.7. The maximum absolute atomic E-state index is 2.35. The Labute approximate surface area is 256 Å². The zero-order valence-corrected chi connectivity index (χ0v) is 26.0. The lowest BCUT2D eigenvalue weighted by Gasteiger charge is -2.19. The highest BCUT2D eigenvalue weighted by Gasteiger charge is 2.18. The highest BCUT2D eigenvalue weighted by atomic mass is 14.2. The molecule has 43 heavy (non-hydrogen) atoms. The Kier molecular flexibility index (Phi) is 8.12. The van der Waals surface area contributed by atoms with Gasteiger partial charge in [-0.3, -0.25) is 0 Å². The molecule has 0 heteroatoms. The standard InChI is InChI=1S/C43H40/c1-6-15-30(5)41(28-29(4)7-2)32-24-26-33(27-25-32)42-37-17-9-11-19-39(37)43(40-20-12-10-18-38(40)42)36-23-14-21-34-31(8-3)16-13-22-35(34)36/h6,9-28H,7-8H2,1-5H3/b15-6-,29-28+,41-30+. The highest BCUT2D eigenvalue weighted by molar-refractivity contribution is 6.23. The van der Waals surface area contributed by atoms with Crippen molar-refractivity contribution in [2.75, 3.05) is 0 Å². The van der Waals surface area contributed by atoms with Gasteiger partial charge < -0.3 is 0 Å². The molecule has 0 heterocycles. The number of hydrogen-bond donors (Lipinski definition) is 0. The van der Waals surface area contributed by atoms with Crippen LogP contribution in [-0.4, -0.2) is 0 Å². The van der Waals surface area contributed by atoms with Crippen LogP contribution in [0.3, 0.4) is 0 Å². The Bertz CT molecular complexity index is 1990. The van der Waals surface area contributed by atoms with Crippen molar-refractivity contribution in [1.29, 1.82) is 0 Å². The Hall–Kier alpha value is -4.68. The van der Waals surface area contributed by atoms with E-state index in [9.17, 15) is 0 Å². The fraction of sp³-hybridized carbons (Fsp3) is 0.163. The van der Waals surface area contributed by atoms with E-state index in [0.717, 1.165) is 12.8 Å². The molecular weight excluding hydrogens is 516 g/mol. The Balaban J connectivity index is 1.62. The first-order valence-corrected chi connectivity index (χ1v) is 15.6. The van der Waals surface area contributed by atoms with E-state index in [1.165, 1.54) is 82.4 Å². The smallest absolute Gasteiger partial charge is 0.00201 e. The summed E-state index contributed by atoms with van der Waals surface area (Å²) in [5, 5.41) is 7.83. The van der Waals surface area contributed by atoms with Gasteiger partial charge in [0, 0.05) is 0 Å². The first-order valence-electron chi connectivity index (χ1n) is 15.6. The van der Waals surface area contributed by atoms with Gasteiger partial charge in [0.1, 0.15) is 0 Å². The Morgan fingerprint density at radius 1 is 0.581 bits per heavy atom. The van der Waals surface area contributed by atoms with Crippen molar-refractivity contribution in [2.45, 2.75) is 47.5 Å². The molecule has 0 nitrogen and oxygen atoms in total. The van der Waals surface area contributed by atoms with Crippen LogP contribution < -0.4 is 0 Å². The molecule has 0 atom stereocenters. The van der Waals surface area contributed by atoms with Crippen molar-refractivity contribution in [2.24, 2.45) is 0 Å². The van der Waals surface area contributed by atoms with Crippen LogP contribution in [-0.2, 0) is 6.42 Å². The van der Waals surface area contributed by atoms with Gasteiger partial charge in [0.05, 0.1) is 0 Å². The molecule has 0 spiro atoms. The summed E-state index contributed by atoms with van der Waals surface area (Å²) in [6.07, 6.45) is 8.75. The first kappa shape index (κ1) is 28.4. The molecule has 0 amide bonds. The molecule has 0 aliphatic heterocycles. The summed E-state index contributed by atoms with van der Waals surface area (Å²) in [5.74, 6) is 0. The molecule has 6 aromatic carbocycles. The number of rotatable bonds is 7. The van der Waals surface area contributed by atoms with Gasteiger partial charge in [0.15, 0.2) is 0 Å². The van der Waals surface area contributed by atoms with Crippen LogP contribution in [0.25, 0.3) is 60.1 Å². The molecular formula is C43H40. The van der Waals surface area contributed by atoms with Crippen LogP contribution in [0, 0.1) is 0 Å². The molecule has 0 aromatic heterocycles. The van der Waals surface area contributed by atoms with Crippen LogP contribution in [0.2, 0.25) is 0 Å². The SMILES string of the molecule is C\C=C/C(C)=C(\C=C(/C)CC)c1ccc(-c2c3ccccc3c(-c3cccc4c(CC)cccc34)c3ccccc23)cc1. The summed E-state index contributed by atoms with van der Waals surface area (Å²) >= 11 is 0. The summed E-state index contributed by atoms with van der Waals surface area (Å²) in [7, 11) is 0. The fourth-order valence-corrected chi connectivity index (χ4v) is 6.56. The molecule has 0 aliphatic rings. The van der Waals surface area contributed by atoms with Gasteiger partial charge in [-0.1, -0.05) is 147 Å². The lowest BCUT2D eigenvalue weighted by Crippen LogP contribution is -1.93. The summed E-state index contributed by atoms with van der Waals surface area (Å²) in [4.78, 5) is 0. The van der Waals surface area contributed by atoms with E-state index in [1.807, 2.05) is 0 Å². The minimum atomic E-state index is 1.02. The minimum absolute atomic E-state index is 1.02. The fourth-order valence-electron chi connectivity index (χ4n) is 6.56. The number of aryl methyl sites for hydroxylation is 1. The first-order chi connectivity index (χ1) is 21.0. The second kappa shape index (κ2) is 12.3. The molecule has 0 radical (unpaired) electrons. The van der Waals surface area contributed by atoms with Crippen LogP contribution in [0.1, 0.15) is 52.2 Å². The van der Waals surface area contributed by atoms with Crippen molar-refractivity contribution in [3.8, 4) is 22.3 Å². The van der Waals surface area contributed by atoms with Gasteiger partial charge in [0.25, 0.3) is 0 Å². The van der Waals surface area contributed by atoms with Crippen molar-refractivity contribution in [3.63, 3.8) is 0 Å². The lowest BCUT2D eigenvalue weighted by molar-refractivity contribution is 1.10. The van der Waals surface area contributed by atoms with Crippen LogP contribution in [0.4, 0.5) is 0 Å². The monoisotopic (exact) mass is 556 g/mol. The average molecular weight is 557 g/mol. The number of hydrogen-bond acceptors (Lipinski definition) is 0. The summed E-state index contributed by atoms with van der Waals surface area (Å²) < 4.78 is 0. The van der Waals surface area contributed by atoms with Crippen LogP contribution in [0.15, 0.2) is 139 Å². The maximum Gasteiger partial charge on any atom is -0.00201 e. The van der Waals surface area contributed by atoms with Crippen molar-refractivity contribution in [3.05, 3.63) is 150 Å². The molecule has 6 aromatic rings. The van der Waals surface area contributed by atoms with Gasteiger partial charge in [-0.05, 0) is 110 Å². The molecule has 0 N–H and O–H groups in total. The molecule has 0 aliphatic carbocycles. The lowest BCUT2D eigenvalue weighted by atomic mass is 9.84. The third kappa shape index (κ3) is 5.23. The van der Waals surface area contributed by atoms with Gasteiger partial charge in [-0.25, -0.2) is 0 Å². The minimum Gasteiger partial charge on any atom is -0.0874 e. The maximum atomic E-state index is 2.35. The topological polar surface area (TPSA) is 0 Å². The average Bonchev–Trinajstić information content (AvgIpc) is 3.05. The van der Waals surface area contributed by atoms with E-state index in [0.29, 0.717) is 0 Å². The third-order valence-electron chi connectivity index (χ3n) is 8.87. The van der Waals surface area contributed by atoms with Crippen molar-refractivity contribution >= 4 is 37.9 Å². The quantitative estimate of drug-likeness (QED) is 0.135. The normalized spacial score (nSPS) is 12.9. The van der Waals surface area contributed by atoms with Crippen molar-refractivity contribution < 1.29 is 0 Å². The summed E-state index contributed by atoms with van der Waals surface area (Å²) in [6.45, 7) is 11.0. The molecule has 0 bridgehead atoms. The molecule has 0 saturated carbocycles. The zero-order valence-electron chi connectivity index (χ0n) is 26.0. The van der Waals surface area contributed by atoms with E-state index >= 15 is 0 Å². The number of benzene rings is 6. The second-order valence-electron chi connectivity index (χ2n) is 11.5. The van der Waals surface area contributed by atoms with Gasteiger partial charge in [0.2, 0.25) is 0 Å². The second-order valence-corrected chi connectivity index (χ2v) is 11.5. The Morgan fingerprint density at radius 2 is 1.14 bits per heavy atom. The largest absolute Gasteiger partial charge is 0.0874 e. The molecule has 6 rings (SSSR count). The Morgan fingerprint density at radius 3 is 1.72 bits per heavy atom. The highest BCUT2D eigenvalue weighted by Crippen LogP contribution is 2.45. The van der Waals surface area contributed by atoms with E-state index in [2.05, 4.69) is 162 Å². The predicted molar refractivity (Wildman–Crippen MR) is 191 cm³/mol. The van der Waals surface area contributed by atoms with Crippen LogP contribution >= 0.6 is 0 Å². The van der Waals surface area contributed by atoms with E-state index < -0.39 is 0 Å². The van der Waals surface area contributed by atoms with Crippen molar-refractivity contribution in [1.82, 2.24) is 0 Å². The van der Waals surface area contributed by atoms with Gasteiger partial charge >= 0.3 is 0 Å². The molecule has 0 fully saturated rings. The van der Waals surface area contributed by atoms with E-state index in [4.69, 9.17) is 0 Å². The molecule has 0 saturated heterocycles. The van der Waals surface area contributed by atoms with E-state index in [-0.39, 0.29) is 0 Å². The molecule has 212 valence electrons. The zero-order chi connectivity index (χ0) is 29.9. The number of fused-ring (bicyclic) bond motifs is 3. The third-order valence-corrected chi connectivity index (χ3v) is 8.87. The predicted octanol–water partition coefficient (Wildman–Crippen LogP) is 12.7. The summed E-state index contributed by atoms with van der Waals surface area (Å²) in [5.41, 5.74) is 11.8. The van der Waals surface area contributed by atoms with Gasteiger partial charge in [-0.15, -0.1) is 0 Å². The molecule has 0 unspecified atom stereocenters. The number of allylic oxidation sites excluding steroid dienone is 6. The van der Waals surface area contributed by atoms with Crippen LogP contribution in [0.5, 0.6) is 0 Å².